The van der Waals surface area contributed by atoms with Gasteiger partial charge in [-0.1, -0.05) is 13.3 Å². The molecule has 0 radical (unpaired) electrons. The second-order valence-electron chi connectivity index (χ2n) is 4.65. The van der Waals surface area contributed by atoms with Gasteiger partial charge < -0.3 is 14.8 Å². The number of nitrogens with zero attached hydrogens (tertiary/aromatic N) is 1. The molecule has 1 aromatic carbocycles. The van der Waals surface area contributed by atoms with Gasteiger partial charge in [-0.05, 0) is 18.6 Å². The van der Waals surface area contributed by atoms with Crippen LogP contribution < -0.4 is 19.5 Å². The molecule has 0 atom stereocenters. The van der Waals surface area contributed by atoms with Crippen molar-refractivity contribution >= 4 is 21.7 Å². The van der Waals surface area contributed by atoms with Crippen LogP contribution in [0.2, 0.25) is 0 Å². The van der Waals surface area contributed by atoms with Gasteiger partial charge in [0.1, 0.15) is 0 Å². The Labute approximate surface area is 131 Å². The fourth-order valence-electron chi connectivity index (χ4n) is 1.67. The Kier molecular flexibility index (Phi) is 6.97. The van der Waals surface area contributed by atoms with E-state index >= 15 is 0 Å². The van der Waals surface area contributed by atoms with E-state index in [9.17, 15) is 8.42 Å². The number of nitrogens with one attached hydrogen (secondary N) is 2. The lowest BCUT2D eigenvalue weighted by molar-refractivity contribution is 0.355. The number of anilines is 1. The van der Waals surface area contributed by atoms with Crippen molar-refractivity contribution in [3.05, 3.63) is 18.2 Å². The van der Waals surface area contributed by atoms with Crippen LogP contribution in [-0.2, 0) is 10.0 Å². The molecule has 0 aliphatic rings. The molecule has 0 amide bonds. The highest BCUT2D eigenvalue weighted by atomic mass is 32.2. The quantitative estimate of drug-likeness (QED) is 0.452. The van der Waals surface area contributed by atoms with Gasteiger partial charge in [-0.25, -0.2) is 8.42 Å². The number of sulfonamides is 1. The third-order valence-electron chi connectivity index (χ3n) is 2.71. The monoisotopic (exact) mass is 329 g/mol. The molecule has 0 fully saturated rings. The third kappa shape index (κ3) is 6.21. The van der Waals surface area contributed by atoms with Gasteiger partial charge in [0.25, 0.3) is 0 Å². The Bertz CT molecular complexity index is 615. The molecule has 0 saturated heterocycles. The van der Waals surface area contributed by atoms with Crippen molar-refractivity contribution in [1.29, 1.82) is 0 Å². The lowest BCUT2D eigenvalue weighted by atomic mass is 10.3. The first kappa shape index (κ1) is 18.1. The minimum atomic E-state index is -3.41. The van der Waals surface area contributed by atoms with E-state index in [1.165, 1.54) is 7.11 Å². The Hall–Kier alpha value is -1.96. The van der Waals surface area contributed by atoms with Gasteiger partial charge in [-0.15, -0.1) is 0 Å². The standard InChI is InChI=1S/C14H23N3O4S/c1-5-6-9-15-14(17-22(4,18)19)16-11-7-8-12(20-2)13(10-11)21-3/h7-8,10H,5-6,9H2,1-4H3,(H2,15,16,17). The lowest BCUT2D eigenvalue weighted by Crippen LogP contribution is -2.35. The Morgan fingerprint density at radius 2 is 1.91 bits per heavy atom. The molecule has 0 unspecified atom stereocenters. The molecular weight excluding hydrogens is 306 g/mol. The SMILES string of the molecule is CCCCN=C(Nc1ccc(OC)c(OC)c1)NS(C)(=O)=O. The molecule has 0 aromatic heterocycles. The number of guanidine groups is 1. The van der Waals surface area contributed by atoms with E-state index in [2.05, 4.69) is 15.0 Å². The zero-order valence-corrected chi connectivity index (χ0v) is 14.2. The van der Waals surface area contributed by atoms with E-state index < -0.39 is 10.0 Å². The van der Waals surface area contributed by atoms with Crippen LogP contribution in [0.1, 0.15) is 19.8 Å². The molecule has 7 nitrogen and oxygen atoms in total. The molecule has 8 heteroatoms. The van der Waals surface area contributed by atoms with Crippen molar-refractivity contribution in [1.82, 2.24) is 4.72 Å². The highest BCUT2D eigenvalue weighted by molar-refractivity contribution is 7.89. The molecule has 2 N–H and O–H groups in total. The van der Waals surface area contributed by atoms with Gasteiger partial charge >= 0.3 is 0 Å². The van der Waals surface area contributed by atoms with Crippen LogP contribution >= 0.6 is 0 Å². The number of ether oxygens (including phenoxy) is 2. The topological polar surface area (TPSA) is 89.0 Å². The molecule has 0 heterocycles. The van der Waals surface area contributed by atoms with Crippen LogP contribution in [0.4, 0.5) is 5.69 Å². The average molecular weight is 329 g/mol. The fourth-order valence-corrected chi connectivity index (χ4v) is 2.14. The number of benzene rings is 1. The number of methoxy groups -OCH3 is 2. The number of hydrogen-bond donors (Lipinski definition) is 2. The van der Waals surface area contributed by atoms with Crippen LogP contribution in [-0.4, -0.2) is 41.4 Å². The summed E-state index contributed by atoms with van der Waals surface area (Å²) in [6.45, 7) is 2.58. The minimum absolute atomic E-state index is 0.183. The van der Waals surface area contributed by atoms with Gasteiger partial charge in [0.2, 0.25) is 16.0 Å². The van der Waals surface area contributed by atoms with E-state index in [1.807, 2.05) is 6.92 Å². The average Bonchev–Trinajstić information content (AvgIpc) is 2.45. The predicted molar refractivity (Wildman–Crippen MR) is 88.4 cm³/mol. The first-order valence-electron chi connectivity index (χ1n) is 6.91. The van der Waals surface area contributed by atoms with Crippen LogP contribution in [0.3, 0.4) is 0 Å². The zero-order chi connectivity index (χ0) is 16.6. The summed E-state index contributed by atoms with van der Waals surface area (Å²) < 4.78 is 35.6. The Morgan fingerprint density at radius 1 is 1.23 bits per heavy atom. The van der Waals surface area contributed by atoms with E-state index in [0.717, 1.165) is 19.1 Å². The maximum Gasteiger partial charge on any atom is 0.232 e. The second-order valence-corrected chi connectivity index (χ2v) is 6.40. The van der Waals surface area contributed by atoms with Gasteiger partial charge in [-0.2, -0.15) is 0 Å². The summed E-state index contributed by atoms with van der Waals surface area (Å²) in [5.74, 6) is 1.32. The van der Waals surface area contributed by atoms with Crippen LogP contribution in [0.5, 0.6) is 11.5 Å². The molecule has 1 aromatic rings. The predicted octanol–water partition coefficient (Wildman–Crippen LogP) is 1.82. The van der Waals surface area contributed by atoms with Gasteiger partial charge in [0.05, 0.1) is 20.5 Å². The summed E-state index contributed by atoms with van der Waals surface area (Å²) in [6, 6.07) is 5.18. The first-order chi connectivity index (χ1) is 10.4. The molecule has 1 rings (SSSR count). The van der Waals surface area contributed by atoms with E-state index in [-0.39, 0.29) is 5.96 Å². The number of aliphatic imine (C=N–C) groups is 1. The van der Waals surface area contributed by atoms with Crippen molar-refractivity contribution < 1.29 is 17.9 Å². The maximum atomic E-state index is 11.4. The van der Waals surface area contributed by atoms with Crippen molar-refractivity contribution in [2.45, 2.75) is 19.8 Å². The summed E-state index contributed by atoms with van der Waals surface area (Å²) in [7, 11) is -0.325. The van der Waals surface area contributed by atoms with Gasteiger partial charge in [0, 0.05) is 18.3 Å². The highest BCUT2D eigenvalue weighted by Gasteiger charge is 2.09. The highest BCUT2D eigenvalue weighted by Crippen LogP contribution is 2.29. The zero-order valence-electron chi connectivity index (χ0n) is 13.3. The Balaban J connectivity index is 2.95. The number of unbranched alkanes of at least 4 members (excludes halogenated alkanes) is 1. The van der Waals surface area contributed by atoms with Crippen LogP contribution in [0, 0.1) is 0 Å². The molecular formula is C14H23N3O4S. The third-order valence-corrected chi connectivity index (χ3v) is 3.27. The Morgan fingerprint density at radius 3 is 2.45 bits per heavy atom. The summed E-state index contributed by atoms with van der Waals surface area (Å²) in [5.41, 5.74) is 0.643. The summed E-state index contributed by atoms with van der Waals surface area (Å²) in [6.07, 6.45) is 2.94. The molecule has 0 saturated carbocycles. The first-order valence-corrected chi connectivity index (χ1v) is 8.80. The smallest absolute Gasteiger partial charge is 0.232 e. The largest absolute Gasteiger partial charge is 0.493 e. The van der Waals surface area contributed by atoms with Gasteiger partial charge in [0.15, 0.2) is 11.5 Å². The summed E-state index contributed by atoms with van der Waals surface area (Å²) in [5, 5.41) is 2.94. The van der Waals surface area contributed by atoms with Crippen molar-refractivity contribution in [3.63, 3.8) is 0 Å². The number of rotatable bonds is 7. The van der Waals surface area contributed by atoms with Crippen LogP contribution in [0.15, 0.2) is 23.2 Å². The van der Waals surface area contributed by atoms with E-state index in [0.29, 0.717) is 23.7 Å². The van der Waals surface area contributed by atoms with Crippen molar-refractivity contribution in [2.75, 3.05) is 32.3 Å². The maximum absolute atomic E-state index is 11.4. The molecule has 0 aliphatic heterocycles. The molecule has 22 heavy (non-hydrogen) atoms. The van der Waals surface area contributed by atoms with Crippen molar-refractivity contribution in [3.8, 4) is 11.5 Å². The second kappa shape index (κ2) is 8.47. The lowest BCUT2D eigenvalue weighted by Gasteiger charge is -2.13. The van der Waals surface area contributed by atoms with Crippen LogP contribution in [0.25, 0.3) is 0 Å². The van der Waals surface area contributed by atoms with Gasteiger partial charge in [-0.3, -0.25) is 9.71 Å². The summed E-state index contributed by atoms with van der Waals surface area (Å²) in [4.78, 5) is 4.24. The van der Waals surface area contributed by atoms with Crippen molar-refractivity contribution in [2.24, 2.45) is 4.99 Å². The molecule has 0 spiro atoms. The van der Waals surface area contributed by atoms with E-state index in [1.54, 1.807) is 25.3 Å². The summed E-state index contributed by atoms with van der Waals surface area (Å²) >= 11 is 0. The van der Waals surface area contributed by atoms with E-state index in [4.69, 9.17) is 9.47 Å². The fraction of sp³-hybridized carbons (Fsp3) is 0.500. The molecule has 124 valence electrons. The molecule has 0 aliphatic carbocycles. The normalized spacial score (nSPS) is 11.9. The minimum Gasteiger partial charge on any atom is -0.493 e. The number of hydrogen-bond acceptors (Lipinski definition) is 5. The molecule has 0 bridgehead atoms.